The standard InChI is InChI=1S/C16H28N2OS.C2H6.2H2/c1-7-11(3)16(6)13(19)18-14(20-16)17-12-9-15(4,5)8-10(12)2;1-2;;/h10-12H,7-9H2,1-6H3,(H,17,18,19);1-2H3;2*1H/t10-,11?,12+,16-;;;/m1.../s1. The van der Waals surface area contributed by atoms with Crippen molar-refractivity contribution >= 4 is 22.8 Å². The third kappa shape index (κ3) is 4.06. The second kappa shape index (κ2) is 7.37. The van der Waals surface area contributed by atoms with Crippen LogP contribution < -0.4 is 5.32 Å². The van der Waals surface area contributed by atoms with E-state index in [1.54, 1.807) is 11.8 Å². The molecular weight excluding hydrogens is 292 g/mol. The molecule has 1 unspecified atom stereocenters. The van der Waals surface area contributed by atoms with Crippen LogP contribution >= 0.6 is 11.8 Å². The third-order valence-corrected chi connectivity index (χ3v) is 6.52. The van der Waals surface area contributed by atoms with Crippen LogP contribution in [0.3, 0.4) is 0 Å². The fourth-order valence-electron chi connectivity index (χ4n) is 3.45. The van der Waals surface area contributed by atoms with Gasteiger partial charge in [0.1, 0.15) is 4.75 Å². The van der Waals surface area contributed by atoms with Crippen molar-refractivity contribution in [3.05, 3.63) is 0 Å². The molecule has 2 rings (SSSR count). The van der Waals surface area contributed by atoms with E-state index >= 15 is 0 Å². The maximum atomic E-state index is 12.3. The zero-order chi connectivity index (χ0) is 17.1. The minimum absolute atomic E-state index is 0. The summed E-state index contributed by atoms with van der Waals surface area (Å²) in [4.78, 5) is 17.1. The number of rotatable bonds is 3. The van der Waals surface area contributed by atoms with Crippen LogP contribution in [-0.4, -0.2) is 21.9 Å². The van der Waals surface area contributed by atoms with E-state index in [2.05, 4.69) is 39.9 Å². The second-order valence-electron chi connectivity index (χ2n) is 7.52. The Bertz CT molecular complexity index is 443. The average Bonchev–Trinajstić information content (AvgIpc) is 2.88. The first-order valence-corrected chi connectivity index (χ1v) is 9.58. The Morgan fingerprint density at radius 2 is 1.95 bits per heavy atom. The first-order valence-electron chi connectivity index (χ1n) is 8.76. The molecule has 4 atom stereocenters. The predicted octanol–water partition coefficient (Wildman–Crippen LogP) is 5.35. The minimum atomic E-state index is -0.356. The Labute approximate surface area is 144 Å². The fraction of sp³-hybridized carbons (Fsp3) is 0.889. The number of thioether (sulfide) groups is 1. The predicted molar refractivity (Wildman–Crippen MR) is 103 cm³/mol. The Hall–Kier alpha value is -0.510. The van der Waals surface area contributed by atoms with E-state index in [1.807, 2.05) is 20.8 Å². The summed E-state index contributed by atoms with van der Waals surface area (Å²) >= 11 is 1.63. The van der Waals surface area contributed by atoms with Gasteiger partial charge in [-0.1, -0.05) is 66.6 Å². The van der Waals surface area contributed by atoms with E-state index in [4.69, 9.17) is 4.99 Å². The third-order valence-electron chi connectivity index (χ3n) is 5.11. The van der Waals surface area contributed by atoms with Crippen molar-refractivity contribution in [2.24, 2.45) is 22.2 Å². The van der Waals surface area contributed by atoms with Gasteiger partial charge >= 0.3 is 0 Å². The van der Waals surface area contributed by atoms with Gasteiger partial charge in [0.05, 0.1) is 6.04 Å². The smallest absolute Gasteiger partial charge is 0.242 e. The molecule has 1 N–H and O–H groups in total. The molecule has 132 valence electrons. The lowest BCUT2D eigenvalue weighted by Gasteiger charge is -2.25. The molecule has 1 saturated carbocycles. The van der Waals surface area contributed by atoms with Gasteiger partial charge in [0.2, 0.25) is 5.91 Å². The fourth-order valence-corrected chi connectivity index (χ4v) is 4.69. The second-order valence-corrected chi connectivity index (χ2v) is 8.96. The van der Waals surface area contributed by atoms with Crippen LogP contribution in [-0.2, 0) is 4.79 Å². The van der Waals surface area contributed by atoms with Crippen LogP contribution in [0.25, 0.3) is 0 Å². The first kappa shape index (κ1) is 19.5. The van der Waals surface area contributed by atoms with Crippen LogP contribution in [0.15, 0.2) is 4.99 Å². The molecule has 0 spiro atoms. The van der Waals surface area contributed by atoms with Crippen LogP contribution in [0.5, 0.6) is 0 Å². The van der Waals surface area contributed by atoms with E-state index in [0.717, 1.165) is 18.0 Å². The van der Waals surface area contributed by atoms with E-state index in [0.29, 0.717) is 23.3 Å². The highest BCUT2D eigenvalue weighted by atomic mass is 32.2. The van der Waals surface area contributed by atoms with Crippen LogP contribution in [0.1, 0.15) is 77.5 Å². The Kier molecular flexibility index (Phi) is 6.55. The van der Waals surface area contributed by atoms with Gasteiger partial charge in [-0.3, -0.25) is 9.79 Å². The molecule has 1 heterocycles. The summed E-state index contributed by atoms with van der Waals surface area (Å²) in [6.07, 6.45) is 3.35. The summed E-state index contributed by atoms with van der Waals surface area (Å²) in [5.74, 6) is 1.09. The topological polar surface area (TPSA) is 41.5 Å². The molecule has 1 aliphatic heterocycles. The molecular formula is C18H38N2OS. The molecule has 3 nitrogen and oxygen atoms in total. The van der Waals surface area contributed by atoms with Crippen molar-refractivity contribution in [2.45, 2.75) is 85.4 Å². The number of carbonyl (C=O) groups excluding carboxylic acids is 1. The highest BCUT2D eigenvalue weighted by Crippen LogP contribution is 2.44. The number of nitrogens with zero attached hydrogens (tertiary/aromatic N) is 1. The zero-order valence-corrected chi connectivity index (χ0v) is 16.4. The zero-order valence-electron chi connectivity index (χ0n) is 15.6. The van der Waals surface area contributed by atoms with Gasteiger partial charge in [0, 0.05) is 2.85 Å². The van der Waals surface area contributed by atoms with Gasteiger partial charge in [0.15, 0.2) is 5.17 Å². The number of aliphatic imine (C=N–C) groups is 1. The quantitative estimate of drug-likeness (QED) is 0.757. The lowest BCUT2D eigenvalue weighted by Crippen LogP contribution is -2.39. The highest BCUT2D eigenvalue weighted by Gasteiger charge is 2.46. The molecule has 0 radical (unpaired) electrons. The van der Waals surface area contributed by atoms with Gasteiger partial charge in [-0.05, 0) is 37.0 Å². The summed E-state index contributed by atoms with van der Waals surface area (Å²) in [5.41, 5.74) is 0.376. The molecule has 1 aliphatic carbocycles. The number of hydrogen-bond acceptors (Lipinski definition) is 3. The first-order chi connectivity index (χ1) is 10.2. The number of carbonyl (C=O) groups is 1. The molecule has 4 heteroatoms. The highest BCUT2D eigenvalue weighted by molar-refractivity contribution is 8.16. The molecule has 0 aromatic rings. The molecule has 2 fully saturated rings. The van der Waals surface area contributed by atoms with Crippen molar-refractivity contribution in [3.63, 3.8) is 0 Å². The minimum Gasteiger partial charge on any atom is -0.304 e. The molecule has 1 amide bonds. The Morgan fingerprint density at radius 3 is 2.41 bits per heavy atom. The van der Waals surface area contributed by atoms with Gasteiger partial charge in [0.25, 0.3) is 0 Å². The summed E-state index contributed by atoms with van der Waals surface area (Å²) in [5, 5.41) is 3.85. The number of hydrogen-bond donors (Lipinski definition) is 1. The normalized spacial score (nSPS) is 36.7. The molecule has 1 saturated heterocycles. The van der Waals surface area contributed by atoms with Crippen molar-refractivity contribution in [2.75, 3.05) is 0 Å². The van der Waals surface area contributed by atoms with Gasteiger partial charge in [-0.25, -0.2) is 0 Å². The average molecular weight is 331 g/mol. The van der Waals surface area contributed by atoms with Crippen molar-refractivity contribution in [1.29, 1.82) is 0 Å². The van der Waals surface area contributed by atoms with Crippen LogP contribution in [0, 0.1) is 17.3 Å². The Morgan fingerprint density at radius 1 is 1.36 bits per heavy atom. The molecule has 2 aliphatic rings. The molecule has 0 bridgehead atoms. The lowest BCUT2D eigenvalue weighted by atomic mass is 9.91. The van der Waals surface area contributed by atoms with E-state index < -0.39 is 0 Å². The Balaban J connectivity index is 0. The van der Waals surface area contributed by atoms with Gasteiger partial charge in [-0.15, -0.1) is 0 Å². The van der Waals surface area contributed by atoms with Crippen LogP contribution in [0.2, 0.25) is 0 Å². The van der Waals surface area contributed by atoms with E-state index in [1.165, 1.54) is 6.42 Å². The maximum Gasteiger partial charge on any atom is 0.242 e. The molecule has 0 aromatic heterocycles. The molecule has 0 aromatic carbocycles. The summed E-state index contributed by atoms with van der Waals surface area (Å²) in [6.45, 7) is 17.2. The van der Waals surface area contributed by atoms with Crippen molar-refractivity contribution in [3.8, 4) is 0 Å². The number of amidine groups is 1. The molecule has 22 heavy (non-hydrogen) atoms. The van der Waals surface area contributed by atoms with Crippen LogP contribution in [0.4, 0.5) is 0 Å². The lowest BCUT2D eigenvalue weighted by molar-refractivity contribution is -0.122. The number of amides is 1. The summed E-state index contributed by atoms with van der Waals surface area (Å²) in [7, 11) is 0. The summed E-state index contributed by atoms with van der Waals surface area (Å²) in [6, 6.07) is 0.354. The largest absolute Gasteiger partial charge is 0.304 e. The SMILES string of the molecule is CC.CCC(C)[C@@]1(C)SC(=N[C@H]2CC(C)(C)C[C@H]2C)NC1=O.[HH].[HH]. The van der Waals surface area contributed by atoms with Gasteiger partial charge in [-0.2, -0.15) is 0 Å². The van der Waals surface area contributed by atoms with E-state index in [-0.39, 0.29) is 13.5 Å². The summed E-state index contributed by atoms with van der Waals surface area (Å²) < 4.78 is -0.356. The number of nitrogens with one attached hydrogen (secondary N) is 1. The van der Waals surface area contributed by atoms with Crippen molar-refractivity contribution in [1.82, 2.24) is 5.32 Å². The monoisotopic (exact) mass is 330 g/mol. The maximum absolute atomic E-state index is 12.3. The van der Waals surface area contributed by atoms with Crippen molar-refractivity contribution < 1.29 is 7.65 Å². The van der Waals surface area contributed by atoms with Gasteiger partial charge < -0.3 is 5.32 Å². The van der Waals surface area contributed by atoms with E-state index in [9.17, 15) is 4.79 Å².